The van der Waals surface area contributed by atoms with E-state index in [1.54, 1.807) is 0 Å². The third kappa shape index (κ3) is 3.82. The van der Waals surface area contributed by atoms with Crippen LogP contribution < -0.4 is 5.32 Å². The molecule has 16 heavy (non-hydrogen) atoms. The largest absolute Gasteiger partial charge is 0.441 e. The third-order valence-corrected chi connectivity index (χ3v) is 3.73. The van der Waals surface area contributed by atoms with Gasteiger partial charge in [0.1, 0.15) is 0 Å². The van der Waals surface area contributed by atoms with Crippen LogP contribution in [0.3, 0.4) is 0 Å². The molecule has 0 aromatic carbocycles. The normalized spacial score (nSPS) is 30.9. The van der Waals surface area contributed by atoms with Gasteiger partial charge in [-0.15, -0.1) is 0 Å². The Labute approximate surface area is 97.3 Å². The number of ether oxygens (including phenoxy) is 1. The maximum absolute atomic E-state index is 11.9. The second kappa shape index (κ2) is 5.14. The predicted molar refractivity (Wildman–Crippen MR) is 57.4 cm³/mol. The highest BCUT2D eigenvalue weighted by Crippen LogP contribution is 2.38. The van der Waals surface area contributed by atoms with Gasteiger partial charge >= 0.3 is 5.51 Å². The topological polar surface area (TPSA) is 21.3 Å². The maximum atomic E-state index is 11.9. The summed E-state index contributed by atoms with van der Waals surface area (Å²) in [5, 5.41) is 3.18. The Balaban J connectivity index is 1.62. The minimum absolute atomic E-state index is 0.0389. The van der Waals surface area contributed by atoms with Crippen molar-refractivity contribution < 1.29 is 17.9 Å². The fraction of sp³-hybridized carbons (Fsp3) is 1.00. The fourth-order valence-corrected chi connectivity index (χ4v) is 2.58. The number of rotatable bonds is 5. The van der Waals surface area contributed by atoms with Gasteiger partial charge in [0.15, 0.2) is 0 Å². The zero-order valence-electron chi connectivity index (χ0n) is 8.93. The molecule has 2 fully saturated rings. The Bertz CT molecular complexity index is 233. The first-order valence-electron chi connectivity index (χ1n) is 5.62. The summed E-state index contributed by atoms with van der Waals surface area (Å²) in [7, 11) is 0. The van der Waals surface area contributed by atoms with Crippen LogP contribution in [0.15, 0.2) is 0 Å². The van der Waals surface area contributed by atoms with Crippen LogP contribution in [-0.4, -0.2) is 36.6 Å². The first kappa shape index (κ1) is 12.5. The molecule has 2 unspecified atom stereocenters. The third-order valence-electron chi connectivity index (χ3n) is 3.00. The minimum Gasteiger partial charge on any atom is -0.376 e. The highest BCUT2D eigenvalue weighted by atomic mass is 32.2. The molecule has 1 saturated carbocycles. The van der Waals surface area contributed by atoms with Gasteiger partial charge in [0.25, 0.3) is 0 Å². The molecule has 2 atom stereocenters. The molecule has 6 heteroatoms. The lowest BCUT2D eigenvalue weighted by molar-refractivity contribution is -0.0327. The van der Waals surface area contributed by atoms with Gasteiger partial charge in [0, 0.05) is 24.9 Å². The molecule has 0 radical (unpaired) electrons. The Morgan fingerprint density at radius 2 is 2.00 bits per heavy atom. The standard InChI is InChI=1S/C10H16F3NOS/c11-10(12,13)16-6-4-14-8-3-5-15-9(8)7-1-2-7/h7-9,14H,1-6H2. The van der Waals surface area contributed by atoms with Gasteiger partial charge in [-0.3, -0.25) is 0 Å². The Morgan fingerprint density at radius 3 is 2.62 bits per heavy atom. The molecule has 0 bridgehead atoms. The van der Waals surface area contributed by atoms with Crippen molar-refractivity contribution in [2.75, 3.05) is 18.9 Å². The number of halogens is 3. The van der Waals surface area contributed by atoms with Crippen molar-refractivity contribution in [2.24, 2.45) is 5.92 Å². The smallest absolute Gasteiger partial charge is 0.376 e. The lowest BCUT2D eigenvalue weighted by Crippen LogP contribution is -2.38. The van der Waals surface area contributed by atoms with Gasteiger partial charge in [0.05, 0.1) is 6.10 Å². The summed E-state index contributed by atoms with van der Waals surface area (Å²) in [6, 6.07) is 0.265. The maximum Gasteiger partial charge on any atom is 0.441 e. The van der Waals surface area contributed by atoms with E-state index in [9.17, 15) is 13.2 Å². The van der Waals surface area contributed by atoms with E-state index in [4.69, 9.17) is 4.74 Å². The number of nitrogens with one attached hydrogen (secondary N) is 1. The van der Waals surface area contributed by atoms with Crippen LogP contribution in [0.1, 0.15) is 19.3 Å². The van der Waals surface area contributed by atoms with Crippen LogP contribution in [0.25, 0.3) is 0 Å². The molecule has 1 N–H and O–H groups in total. The van der Waals surface area contributed by atoms with Gasteiger partial charge in [-0.1, -0.05) is 0 Å². The molecule has 0 aromatic heterocycles. The van der Waals surface area contributed by atoms with Crippen LogP contribution in [0, 0.1) is 5.92 Å². The Morgan fingerprint density at radius 1 is 1.25 bits per heavy atom. The molecule has 2 rings (SSSR count). The summed E-state index contributed by atoms with van der Waals surface area (Å²) < 4.78 is 41.2. The Kier molecular flexibility index (Phi) is 4.02. The van der Waals surface area contributed by atoms with Crippen molar-refractivity contribution in [3.8, 4) is 0 Å². The van der Waals surface area contributed by atoms with E-state index in [-0.39, 0.29) is 29.7 Å². The summed E-state index contributed by atoms with van der Waals surface area (Å²) in [6.07, 6.45) is 3.59. The second-order valence-corrected chi connectivity index (χ2v) is 5.48. The zero-order chi connectivity index (χ0) is 11.6. The summed E-state index contributed by atoms with van der Waals surface area (Å²) in [6.45, 7) is 1.15. The molecular formula is C10H16F3NOS. The molecule has 1 saturated heterocycles. The van der Waals surface area contributed by atoms with Crippen LogP contribution in [0.4, 0.5) is 13.2 Å². The second-order valence-electron chi connectivity index (χ2n) is 4.32. The highest BCUT2D eigenvalue weighted by molar-refractivity contribution is 8.00. The molecule has 0 aromatic rings. The number of thioether (sulfide) groups is 1. The average molecular weight is 255 g/mol. The first-order chi connectivity index (χ1) is 7.56. The SMILES string of the molecule is FC(F)(F)SCCNC1CCOC1C1CC1. The Hall–Kier alpha value is 0.0600. The van der Waals surface area contributed by atoms with E-state index < -0.39 is 5.51 Å². The van der Waals surface area contributed by atoms with E-state index in [2.05, 4.69) is 5.32 Å². The summed E-state index contributed by atoms with van der Waals surface area (Å²) in [4.78, 5) is 0. The van der Waals surface area contributed by atoms with Gasteiger partial charge in [-0.05, 0) is 36.9 Å². The molecule has 0 spiro atoms. The van der Waals surface area contributed by atoms with E-state index in [0.717, 1.165) is 13.0 Å². The fourth-order valence-electron chi connectivity index (χ4n) is 2.13. The van der Waals surface area contributed by atoms with Crippen LogP contribution in [0.2, 0.25) is 0 Å². The van der Waals surface area contributed by atoms with Crippen molar-refractivity contribution in [1.82, 2.24) is 5.32 Å². The van der Waals surface area contributed by atoms with Crippen LogP contribution in [0.5, 0.6) is 0 Å². The van der Waals surface area contributed by atoms with Crippen molar-refractivity contribution in [1.29, 1.82) is 0 Å². The van der Waals surface area contributed by atoms with Gasteiger partial charge in [-0.25, -0.2) is 0 Å². The monoisotopic (exact) mass is 255 g/mol. The van der Waals surface area contributed by atoms with Crippen molar-refractivity contribution in [3.05, 3.63) is 0 Å². The molecule has 2 aliphatic rings. The molecular weight excluding hydrogens is 239 g/mol. The van der Waals surface area contributed by atoms with Crippen molar-refractivity contribution in [3.63, 3.8) is 0 Å². The zero-order valence-corrected chi connectivity index (χ0v) is 9.74. The van der Waals surface area contributed by atoms with E-state index in [1.165, 1.54) is 12.8 Å². The molecule has 2 nitrogen and oxygen atoms in total. The predicted octanol–water partition coefficient (Wildman–Crippen LogP) is 2.40. The average Bonchev–Trinajstić information content (AvgIpc) is 2.92. The molecule has 94 valence electrons. The summed E-state index contributed by atoms with van der Waals surface area (Å²) in [5.41, 5.74) is -4.11. The van der Waals surface area contributed by atoms with Crippen LogP contribution >= 0.6 is 11.8 Å². The quantitative estimate of drug-likeness (QED) is 0.762. The van der Waals surface area contributed by atoms with E-state index >= 15 is 0 Å². The molecule has 0 amide bonds. The van der Waals surface area contributed by atoms with Crippen molar-refractivity contribution >= 4 is 11.8 Å². The molecule has 1 aliphatic carbocycles. The van der Waals surface area contributed by atoms with Gasteiger partial charge in [0.2, 0.25) is 0 Å². The lowest BCUT2D eigenvalue weighted by atomic mass is 10.1. The molecule has 1 heterocycles. The van der Waals surface area contributed by atoms with E-state index in [1.807, 2.05) is 0 Å². The van der Waals surface area contributed by atoms with Gasteiger partial charge < -0.3 is 10.1 Å². The van der Waals surface area contributed by atoms with E-state index in [0.29, 0.717) is 12.5 Å². The lowest BCUT2D eigenvalue weighted by Gasteiger charge is -2.19. The highest BCUT2D eigenvalue weighted by Gasteiger charge is 2.40. The number of hydrogen-bond donors (Lipinski definition) is 1. The van der Waals surface area contributed by atoms with Crippen LogP contribution in [-0.2, 0) is 4.74 Å². The summed E-state index contributed by atoms with van der Waals surface area (Å²) >= 11 is 0.0389. The summed E-state index contributed by atoms with van der Waals surface area (Å²) in [5.74, 6) is 0.729. The number of hydrogen-bond acceptors (Lipinski definition) is 3. The molecule has 1 aliphatic heterocycles. The minimum atomic E-state index is -4.11. The number of alkyl halides is 3. The van der Waals surface area contributed by atoms with Crippen molar-refractivity contribution in [2.45, 2.75) is 36.9 Å². The van der Waals surface area contributed by atoms with Gasteiger partial charge in [-0.2, -0.15) is 13.2 Å². The first-order valence-corrected chi connectivity index (χ1v) is 6.60.